The standard InChI is InChI=1S/C11H17N3O4S/c1-7-12-11(18-13-7)8-5-10-9(3-4-17-10)14(6-8)19(2,15)16/h8-10H,3-6H2,1-2H3/t8-,9-,10-/m1/s1. The van der Waals surface area contributed by atoms with Crippen molar-refractivity contribution in [1.82, 2.24) is 14.4 Å². The molecule has 0 N–H and O–H groups in total. The van der Waals surface area contributed by atoms with E-state index in [1.807, 2.05) is 0 Å². The summed E-state index contributed by atoms with van der Waals surface area (Å²) in [5, 5.41) is 3.77. The molecule has 0 aliphatic carbocycles. The van der Waals surface area contributed by atoms with Gasteiger partial charge in [0.15, 0.2) is 5.82 Å². The van der Waals surface area contributed by atoms with Crippen molar-refractivity contribution in [3.05, 3.63) is 11.7 Å². The molecule has 2 aliphatic rings. The average Bonchev–Trinajstić information content (AvgIpc) is 2.94. The Morgan fingerprint density at radius 3 is 2.84 bits per heavy atom. The minimum atomic E-state index is -3.25. The zero-order valence-corrected chi connectivity index (χ0v) is 11.8. The van der Waals surface area contributed by atoms with Crippen molar-refractivity contribution in [2.24, 2.45) is 0 Å². The molecule has 2 saturated heterocycles. The highest BCUT2D eigenvalue weighted by molar-refractivity contribution is 7.88. The third-order valence-electron chi connectivity index (χ3n) is 3.78. The Balaban J connectivity index is 1.89. The van der Waals surface area contributed by atoms with Gasteiger partial charge in [-0.25, -0.2) is 8.42 Å². The minimum absolute atomic E-state index is 0.0460. The molecule has 3 heterocycles. The SMILES string of the molecule is Cc1noc([C@@H]2C[C@H]3OCC[C@H]3N(S(C)(=O)=O)C2)n1. The first kappa shape index (κ1) is 13.0. The molecular formula is C11H17N3O4S. The van der Waals surface area contributed by atoms with Crippen molar-refractivity contribution in [2.75, 3.05) is 19.4 Å². The predicted octanol–water partition coefficient (Wildman–Crippen LogP) is 0.284. The van der Waals surface area contributed by atoms with Gasteiger partial charge in [-0.05, 0) is 19.8 Å². The fraction of sp³-hybridized carbons (Fsp3) is 0.818. The number of rotatable bonds is 2. The van der Waals surface area contributed by atoms with Crippen LogP contribution in [0.5, 0.6) is 0 Å². The average molecular weight is 287 g/mol. The molecule has 0 spiro atoms. The van der Waals surface area contributed by atoms with Gasteiger partial charge in [-0.2, -0.15) is 9.29 Å². The van der Waals surface area contributed by atoms with Crippen LogP contribution >= 0.6 is 0 Å². The molecule has 0 bridgehead atoms. The van der Waals surface area contributed by atoms with E-state index in [9.17, 15) is 8.42 Å². The largest absolute Gasteiger partial charge is 0.376 e. The number of ether oxygens (including phenoxy) is 1. The Hall–Kier alpha value is -0.990. The maximum atomic E-state index is 11.9. The van der Waals surface area contributed by atoms with Crippen LogP contribution in [0.25, 0.3) is 0 Å². The van der Waals surface area contributed by atoms with Gasteiger partial charge >= 0.3 is 0 Å². The van der Waals surface area contributed by atoms with E-state index in [0.29, 0.717) is 24.9 Å². The molecule has 0 unspecified atom stereocenters. The van der Waals surface area contributed by atoms with Crippen molar-refractivity contribution in [2.45, 2.75) is 37.8 Å². The number of sulfonamides is 1. The molecule has 7 nitrogen and oxygen atoms in total. The quantitative estimate of drug-likeness (QED) is 0.777. The summed E-state index contributed by atoms with van der Waals surface area (Å²) in [6.07, 6.45) is 2.66. The van der Waals surface area contributed by atoms with Crippen LogP contribution in [0.15, 0.2) is 4.52 Å². The topological polar surface area (TPSA) is 85.5 Å². The van der Waals surface area contributed by atoms with Gasteiger partial charge in [0.1, 0.15) is 0 Å². The van der Waals surface area contributed by atoms with E-state index in [4.69, 9.17) is 9.26 Å². The van der Waals surface area contributed by atoms with Gasteiger partial charge in [-0.15, -0.1) is 0 Å². The molecule has 0 amide bonds. The minimum Gasteiger partial charge on any atom is -0.376 e. The van der Waals surface area contributed by atoms with Gasteiger partial charge in [0.05, 0.1) is 24.3 Å². The van der Waals surface area contributed by atoms with Crippen LogP contribution < -0.4 is 0 Å². The van der Waals surface area contributed by atoms with E-state index in [1.165, 1.54) is 10.6 Å². The van der Waals surface area contributed by atoms with Crippen LogP contribution in [0.1, 0.15) is 30.5 Å². The van der Waals surface area contributed by atoms with Crippen LogP contribution in [-0.4, -0.2) is 54.4 Å². The summed E-state index contributed by atoms with van der Waals surface area (Å²) in [5.41, 5.74) is 0. The van der Waals surface area contributed by atoms with Crippen LogP contribution in [-0.2, 0) is 14.8 Å². The first-order valence-corrected chi connectivity index (χ1v) is 8.18. The number of aromatic nitrogens is 2. The number of fused-ring (bicyclic) bond motifs is 1. The summed E-state index contributed by atoms with van der Waals surface area (Å²) in [4.78, 5) is 4.21. The second-order valence-electron chi connectivity index (χ2n) is 5.21. The van der Waals surface area contributed by atoms with Crippen LogP contribution in [0, 0.1) is 6.92 Å². The van der Waals surface area contributed by atoms with E-state index in [-0.39, 0.29) is 18.1 Å². The zero-order chi connectivity index (χ0) is 13.6. The molecule has 3 rings (SSSR count). The maximum Gasteiger partial charge on any atom is 0.231 e. The third kappa shape index (κ3) is 2.39. The summed E-state index contributed by atoms with van der Waals surface area (Å²) in [6, 6.07) is -0.0460. The molecule has 19 heavy (non-hydrogen) atoms. The van der Waals surface area contributed by atoms with Gasteiger partial charge < -0.3 is 9.26 Å². The molecule has 0 radical (unpaired) electrons. The fourth-order valence-corrected chi connectivity index (χ4v) is 4.12. The molecule has 106 valence electrons. The van der Waals surface area contributed by atoms with E-state index in [0.717, 1.165) is 12.8 Å². The molecule has 1 aromatic heterocycles. The van der Waals surface area contributed by atoms with Crippen molar-refractivity contribution >= 4 is 10.0 Å². The van der Waals surface area contributed by atoms with Crippen LogP contribution in [0.3, 0.4) is 0 Å². The first-order valence-electron chi connectivity index (χ1n) is 6.34. The van der Waals surface area contributed by atoms with E-state index < -0.39 is 10.0 Å². The Kier molecular flexibility index (Phi) is 3.11. The normalized spacial score (nSPS) is 32.4. The number of hydrogen-bond acceptors (Lipinski definition) is 6. The number of piperidine rings is 1. The monoisotopic (exact) mass is 287 g/mol. The molecule has 0 saturated carbocycles. The summed E-state index contributed by atoms with van der Waals surface area (Å²) >= 11 is 0. The van der Waals surface area contributed by atoms with Crippen molar-refractivity contribution in [3.63, 3.8) is 0 Å². The lowest BCUT2D eigenvalue weighted by Crippen LogP contribution is -2.50. The Labute approximate surface area is 112 Å². The summed E-state index contributed by atoms with van der Waals surface area (Å²) in [6.45, 7) is 2.75. The highest BCUT2D eigenvalue weighted by atomic mass is 32.2. The lowest BCUT2D eigenvalue weighted by Gasteiger charge is -2.37. The lowest BCUT2D eigenvalue weighted by atomic mass is 9.92. The summed E-state index contributed by atoms with van der Waals surface area (Å²) in [5.74, 6) is 0.978. The number of hydrogen-bond donors (Lipinski definition) is 0. The highest BCUT2D eigenvalue weighted by Gasteiger charge is 2.45. The molecule has 8 heteroatoms. The Morgan fingerprint density at radius 1 is 1.42 bits per heavy atom. The van der Waals surface area contributed by atoms with Crippen molar-refractivity contribution in [3.8, 4) is 0 Å². The lowest BCUT2D eigenvalue weighted by molar-refractivity contribution is 0.0420. The third-order valence-corrected chi connectivity index (χ3v) is 5.05. The smallest absolute Gasteiger partial charge is 0.231 e. The van der Waals surface area contributed by atoms with Gasteiger partial charge in [0, 0.05) is 13.2 Å². The van der Waals surface area contributed by atoms with Crippen LogP contribution in [0.2, 0.25) is 0 Å². The summed E-state index contributed by atoms with van der Waals surface area (Å²) < 4.78 is 36.2. The number of aryl methyl sites for hydroxylation is 1. The molecule has 2 fully saturated rings. The second-order valence-corrected chi connectivity index (χ2v) is 7.15. The van der Waals surface area contributed by atoms with Gasteiger partial charge in [-0.1, -0.05) is 5.16 Å². The van der Waals surface area contributed by atoms with Crippen molar-refractivity contribution < 1.29 is 17.7 Å². The molecular weight excluding hydrogens is 270 g/mol. The maximum absolute atomic E-state index is 11.9. The Morgan fingerprint density at radius 2 is 2.21 bits per heavy atom. The number of nitrogens with zero attached hydrogens (tertiary/aromatic N) is 3. The first-order chi connectivity index (χ1) is 8.95. The summed E-state index contributed by atoms with van der Waals surface area (Å²) in [7, 11) is -3.25. The van der Waals surface area contributed by atoms with Gasteiger partial charge in [0.2, 0.25) is 15.9 Å². The predicted molar refractivity (Wildman–Crippen MR) is 66.1 cm³/mol. The van der Waals surface area contributed by atoms with Crippen LogP contribution in [0.4, 0.5) is 0 Å². The molecule has 0 aromatic carbocycles. The van der Waals surface area contributed by atoms with Gasteiger partial charge in [-0.3, -0.25) is 0 Å². The van der Waals surface area contributed by atoms with Gasteiger partial charge in [0.25, 0.3) is 0 Å². The van der Waals surface area contributed by atoms with E-state index >= 15 is 0 Å². The van der Waals surface area contributed by atoms with Crippen molar-refractivity contribution in [1.29, 1.82) is 0 Å². The molecule has 3 atom stereocenters. The Bertz CT molecular complexity index is 570. The van der Waals surface area contributed by atoms with E-state index in [1.54, 1.807) is 6.92 Å². The zero-order valence-electron chi connectivity index (χ0n) is 10.9. The molecule has 2 aliphatic heterocycles. The van der Waals surface area contributed by atoms with E-state index in [2.05, 4.69) is 10.1 Å². The fourth-order valence-electron chi connectivity index (χ4n) is 2.94. The highest BCUT2D eigenvalue weighted by Crippen LogP contribution is 2.36. The molecule has 1 aromatic rings. The second kappa shape index (κ2) is 4.53.